The lowest BCUT2D eigenvalue weighted by Crippen LogP contribution is -2.29. The van der Waals surface area contributed by atoms with Gasteiger partial charge >= 0.3 is 0 Å². The van der Waals surface area contributed by atoms with Gasteiger partial charge in [0.25, 0.3) is 0 Å². The molecule has 1 N–H and O–H groups in total. The van der Waals surface area contributed by atoms with Crippen molar-refractivity contribution in [2.75, 3.05) is 13.2 Å². The second-order valence-corrected chi connectivity index (χ2v) is 9.83. The molecule has 1 aliphatic heterocycles. The number of aryl methyl sites for hydroxylation is 1. The summed E-state index contributed by atoms with van der Waals surface area (Å²) in [6.45, 7) is 14.6. The maximum absolute atomic E-state index is 9.25. The molecule has 0 unspecified atom stereocenters. The quantitative estimate of drug-likeness (QED) is 0.433. The van der Waals surface area contributed by atoms with Crippen molar-refractivity contribution in [1.29, 1.82) is 0 Å². The van der Waals surface area contributed by atoms with Crippen LogP contribution in [0, 0.1) is 0 Å². The van der Waals surface area contributed by atoms with Gasteiger partial charge in [-0.15, -0.1) is 0 Å². The number of aromatic nitrogens is 2. The van der Waals surface area contributed by atoms with Crippen molar-refractivity contribution in [1.82, 2.24) is 9.78 Å². The minimum atomic E-state index is -0.456. The first-order chi connectivity index (χ1) is 14.7. The Labute approximate surface area is 187 Å². The van der Waals surface area contributed by atoms with Crippen molar-refractivity contribution in [3.8, 4) is 22.8 Å². The first-order valence-corrected chi connectivity index (χ1v) is 11.9. The lowest BCUT2D eigenvalue weighted by Gasteiger charge is -2.35. The molecular formula is C26H40N2O3. The molecular weight excluding hydrogens is 388 g/mol. The van der Waals surface area contributed by atoms with Crippen molar-refractivity contribution >= 4 is 0 Å². The van der Waals surface area contributed by atoms with Crippen molar-refractivity contribution in [3.05, 3.63) is 29.5 Å². The minimum absolute atomic E-state index is 0.0222. The lowest BCUT2D eigenvalue weighted by atomic mass is 9.78. The molecule has 1 aliphatic rings. The van der Waals surface area contributed by atoms with Crippen molar-refractivity contribution in [2.45, 2.75) is 97.6 Å². The lowest BCUT2D eigenvalue weighted by molar-refractivity contribution is 0.104. The van der Waals surface area contributed by atoms with Gasteiger partial charge in [0.15, 0.2) is 0 Å². The number of fused-ring (bicyclic) bond motifs is 3. The molecule has 2 aromatic rings. The monoisotopic (exact) mass is 428 g/mol. The van der Waals surface area contributed by atoms with E-state index in [2.05, 4.69) is 59.9 Å². The summed E-state index contributed by atoms with van der Waals surface area (Å²) in [6.07, 6.45) is 8.83. The number of aliphatic hydroxyl groups excluding tert-OH is 1. The summed E-state index contributed by atoms with van der Waals surface area (Å²) in [5.74, 6) is 1.65. The Morgan fingerprint density at radius 3 is 2.58 bits per heavy atom. The van der Waals surface area contributed by atoms with E-state index < -0.39 is 5.60 Å². The van der Waals surface area contributed by atoms with Crippen molar-refractivity contribution in [2.24, 2.45) is 0 Å². The van der Waals surface area contributed by atoms with Crippen LogP contribution in [0.1, 0.15) is 91.2 Å². The van der Waals surface area contributed by atoms with E-state index in [0.717, 1.165) is 41.3 Å². The minimum Gasteiger partial charge on any atom is -0.493 e. The Balaban J connectivity index is 2.05. The Bertz CT molecular complexity index is 883. The molecule has 0 bridgehead atoms. The van der Waals surface area contributed by atoms with Gasteiger partial charge in [0.05, 0.1) is 12.2 Å². The zero-order valence-corrected chi connectivity index (χ0v) is 20.3. The van der Waals surface area contributed by atoms with Crippen LogP contribution in [0.3, 0.4) is 0 Å². The molecule has 172 valence electrons. The molecule has 0 saturated carbocycles. The van der Waals surface area contributed by atoms with Crippen molar-refractivity contribution < 1.29 is 14.6 Å². The highest BCUT2D eigenvalue weighted by Gasteiger charge is 2.38. The predicted molar refractivity (Wildman–Crippen MR) is 126 cm³/mol. The van der Waals surface area contributed by atoms with Crippen LogP contribution >= 0.6 is 0 Å². The van der Waals surface area contributed by atoms with E-state index in [1.54, 1.807) is 0 Å². The smallest absolute Gasteiger partial charge is 0.134 e. The number of hydrogen-bond acceptors (Lipinski definition) is 4. The molecule has 5 nitrogen and oxygen atoms in total. The number of ether oxygens (including phenoxy) is 2. The first kappa shape index (κ1) is 23.6. The van der Waals surface area contributed by atoms with Gasteiger partial charge in [0.2, 0.25) is 0 Å². The fourth-order valence-electron chi connectivity index (χ4n) is 4.33. The van der Waals surface area contributed by atoms with Crippen LogP contribution in [0.25, 0.3) is 11.3 Å². The van der Waals surface area contributed by atoms with Gasteiger partial charge in [0, 0.05) is 31.3 Å². The molecule has 0 spiro atoms. The summed E-state index contributed by atoms with van der Waals surface area (Å²) in [4.78, 5) is 0. The maximum atomic E-state index is 9.25. The summed E-state index contributed by atoms with van der Waals surface area (Å²) < 4.78 is 14.7. The standard InChI is InChI=1S/C26H40N2O3/c1-7-9-10-11-13-25(3,4)19-16-21(30-15-12-14-29)23-22(17-19)31-26(5,6)20-18-28(8-2)27-24(20)23/h16-18,29H,7-15H2,1-6H3. The molecule has 5 heteroatoms. The number of unbranched alkanes of at least 4 members (excludes halogenated alkanes) is 3. The molecule has 0 aliphatic carbocycles. The van der Waals surface area contributed by atoms with E-state index in [1.807, 2.05) is 4.68 Å². The number of rotatable bonds is 11. The SMILES string of the molecule is CCCCCCC(C)(C)c1cc(OCCCO)c2c(c1)OC(C)(C)c1cn(CC)nc1-2. The zero-order valence-electron chi connectivity index (χ0n) is 20.3. The van der Waals surface area contributed by atoms with Gasteiger partial charge in [-0.05, 0) is 50.3 Å². The summed E-state index contributed by atoms with van der Waals surface area (Å²) in [6, 6.07) is 4.37. The van der Waals surface area contributed by atoms with Crippen molar-refractivity contribution in [3.63, 3.8) is 0 Å². The second kappa shape index (κ2) is 9.64. The Kier molecular flexibility index (Phi) is 7.35. The topological polar surface area (TPSA) is 56.5 Å². The van der Waals surface area contributed by atoms with E-state index in [9.17, 15) is 5.11 Å². The highest BCUT2D eigenvalue weighted by atomic mass is 16.5. The average Bonchev–Trinajstić information content (AvgIpc) is 3.16. The van der Waals surface area contributed by atoms with Crippen LogP contribution in [0.15, 0.2) is 18.3 Å². The molecule has 3 rings (SSSR count). The third-order valence-corrected chi connectivity index (χ3v) is 6.40. The first-order valence-electron chi connectivity index (χ1n) is 11.9. The van der Waals surface area contributed by atoms with Gasteiger partial charge in [0.1, 0.15) is 22.8 Å². The third kappa shape index (κ3) is 5.08. The van der Waals surface area contributed by atoms with Gasteiger partial charge in [-0.1, -0.05) is 46.5 Å². The van der Waals surface area contributed by atoms with Crippen LogP contribution in [0.5, 0.6) is 11.5 Å². The van der Waals surface area contributed by atoms with E-state index in [4.69, 9.17) is 14.6 Å². The summed E-state index contributed by atoms with van der Waals surface area (Å²) in [7, 11) is 0. The molecule has 0 atom stereocenters. The van der Waals surface area contributed by atoms with Gasteiger partial charge in [-0.3, -0.25) is 4.68 Å². The van der Waals surface area contributed by atoms with E-state index in [0.29, 0.717) is 13.0 Å². The van der Waals surface area contributed by atoms with E-state index in [1.165, 1.54) is 31.2 Å². The van der Waals surface area contributed by atoms with Gasteiger partial charge in [-0.2, -0.15) is 5.10 Å². The molecule has 0 radical (unpaired) electrons. The summed E-state index contributed by atoms with van der Waals surface area (Å²) in [5, 5.41) is 14.1. The predicted octanol–water partition coefficient (Wildman–Crippen LogP) is 6.21. The number of hydrogen-bond donors (Lipinski definition) is 1. The Morgan fingerprint density at radius 1 is 1.13 bits per heavy atom. The Hall–Kier alpha value is -2.01. The van der Waals surface area contributed by atoms with Gasteiger partial charge in [-0.25, -0.2) is 0 Å². The molecule has 0 fully saturated rings. The van der Waals surface area contributed by atoms with Crippen LogP contribution in [-0.4, -0.2) is 28.1 Å². The van der Waals surface area contributed by atoms with Gasteiger partial charge < -0.3 is 14.6 Å². The summed E-state index contributed by atoms with van der Waals surface area (Å²) >= 11 is 0. The van der Waals surface area contributed by atoms with Crippen LogP contribution in [-0.2, 0) is 17.6 Å². The maximum Gasteiger partial charge on any atom is 0.134 e. The fraction of sp³-hybridized carbons (Fsp3) is 0.654. The second-order valence-electron chi connectivity index (χ2n) is 9.83. The molecule has 1 aromatic heterocycles. The average molecular weight is 429 g/mol. The highest BCUT2D eigenvalue weighted by Crippen LogP contribution is 2.50. The molecule has 31 heavy (non-hydrogen) atoms. The molecule has 1 aromatic carbocycles. The number of benzene rings is 1. The normalized spacial score (nSPS) is 14.7. The van der Waals surface area contributed by atoms with E-state index >= 15 is 0 Å². The zero-order chi connectivity index (χ0) is 22.6. The third-order valence-electron chi connectivity index (χ3n) is 6.40. The number of aliphatic hydroxyl groups is 1. The Morgan fingerprint density at radius 2 is 1.90 bits per heavy atom. The van der Waals surface area contributed by atoms with Crippen LogP contribution in [0.2, 0.25) is 0 Å². The summed E-state index contributed by atoms with van der Waals surface area (Å²) in [5.41, 5.74) is 3.76. The highest BCUT2D eigenvalue weighted by molar-refractivity contribution is 5.79. The number of nitrogens with zero attached hydrogens (tertiary/aromatic N) is 2. The van der Waals surface area contributed by atoms with Crippen LogP contribution < -0.4 is 9.47 Å². The van der Waals surface area contributed by atoms with Crippen LogP contribution in [0.4, 0.5) is 0 Å². The molecule has 0 amide bonds. The fourth-order valence-corrected chi connectivity index (χ4v) is 4.33. The molecule has 0 saturated heterocycles. The largest absolute Gasteiger partial charge is 0.493 e. The van der Waals surface area contributed by atoms with E-state index in [-0.39, 0.29) is 12.0 Å². The molecule has 2 heterocycles.